The molecule has 0 aliphatic carbocycles. The van der Waals surface area contributed by atoms with Crippen molar-refractivity contribution in [1.29, 1.82) is 0 Å². The van der Waals surface area contributed by atoms with Crippen LogP contribution in [-0.4, -0.2) is 34.2 Å². The van der Waals surface area contributed by atoms with Gasteiger partial charge in [-0.05, 0) is 25.1 Å². The number of H-pyrrole nitrogens is 1. The zero-order valence-corrected chi connectivity index (χ0v) is 9.14. The van der Waals surface area contributed by atoms with Crippen molar-refractivity contribution in [3.63, 3.8) is 0 Å². The highest BCUT2D eigenvalue weighted by Gasteiger charge is 2.31. The first-order valence-corrected chi connectivity index (χ1v) is 6.53. The Kier molecular flexibility index (Phi) is 2.44. The largest absolute Gasteiger partial charge is 0.305 e. The Bertz CT molecular complexity index is 473. The Morgan fingerprint density at radius 2 is 2.50 bits per heavy atom. The number of rotatable bonds is 2. The molecule has 1 aromatic rings. The highest BCUT2D eigenvalue weighted by molar-refractivity contribution is 7.92. The van der Waals surface area contributed by atoms with Crippen molar-refractivity contribution in [2.45, 2.75) is 24.6 Å². The molecular weight excluding hydrogens is 222 g/mol. The molecule has 1 aromatic heterocycles. The van der Waals surface area contributed by atoms with E-state index < -0.39 is 9.84 Å². The van der Waals surface area contributed by atoms with Crippen LogP contribution in [0.25, 0.3) is 0 Å². The summed E-state index contributed by atoms with van der Waals surface area (Å²) in [5, 5.41) is 6.07. The third-order valence-corrected chi connectivity index (χ3v) is 5.07. The summed E-state index contributed by atoms with van der Waals surface area (Å²) in [6.45, 7) is 0.428. The third-order valence-electron chi connectivity index (χ3n) is 2.48. The molecule has 0 saturated carbocycles. The molecule has 5 nitrogen and oxygen atoms in total. The summed E-state index contributed by atoms with van der Waals surface area (Å²) >= 11 is 4.95. The van der Waals surface area contributed by atoms with Crippen LogP contribution in [0.2, 0.25) is 0 Å². The lowest BCUT2D eigenvalue weighted by atomic mass is 10.2. The number of nitrogens with zero attached hydrogens (tertiary/aromatic N) is 2. The fourth-order valence-corrected chi connectivity index (χ4v) is 3.67. The summed E-state index contributed by atoms with van der Waals surface area (Å²) in [5.74, 6) is 0.308. The lowest BCUT2D eigenvalue weighted by Crippen LogP contribution is -2.21. The van der Waals surface area contributed by atoms with Crippen LogP contribution < -0.4 is 0 Å². The zero-order valence-electron chi connectivity index (χ0n) is 7.51. The van der Waals surface area contributed by atoms with Crippen molar-refractivity contribution in [1.82, 2.24) is 14.8 Å². The van der Waals surface area contributed by atoms with Crippen molar-refractivity contribution in [3.05, 3.63) is 11.1 Å². The van der Waals surface area contributed by atoms with E-state index >= 15 is 0 Å². The molecule has 1 aliphatic heterocycles. The summed E-state index contributed by atoms with van der Waals surface area (Å²) < 4.78 is 25.2. The Balaban J connectivity index is 2.20. The minimum Gasteiger partial charge on any atom is -0.305 e. The van der Waals surface area contributed by atoms with Crippen LogP contribution in [0.15, 0.2) is 6.33 Å². The van der Waals surface area contributed by atoms with E-state index in [1.807, 2.05) is 0 Å². The Labute approximate surface area is 87.1 Å². The van der Waals surface area contributed by atoms with E-state index in [4.69, 9.17) is 12.2 Å². The van der Waals surface area contributed by atoms with Gasteiger partial charge < -0.3 is 4.57 Å². The van der Waals surface area contributed by atoms with Gasteiger partial charge >= 0.3 is 0 Å². The van der Waals surface area contributed by atoms with E-state index in [2.05, 4.69) is 10.2 Å². The number of aromatic amines is 1. The Morgan fingerprint density at radius 1 is 1.71 bits per heavy atom. The monoisotopic (exact) mass is 233 g/mol. The molecule has 78 valence electrons. The molecule has 0 aromatic carbocycles. The van der Waals surface area contributed by atoms with E-state index in [1.165, 1.54) is 6.33 Å². The van der Waals surface area contributed by atoms with E-state index in [1.54, 1.807) is 4.57 Å². The van der Waals surface area contributed by atoms with Crippen molar-refractivity contribution in [3.8, 4) is 0 Å². The van der Waals surface area contributed by atoms with Gasteiger partial charge in [0.2, 0.25) is 0 Å². The van der Waals surface area contributed by atoms with Crippen molar-refractivity contribution < 1.29 is 8.42 Å². The molecule has 1 fully saturated rings. The SMILES string of the molecule is O=S1(=O)CCCC1Cn1cn[nH]c1=S. The standard InChI is InChI=1S/C7H11N3O2S2/c11-14(12)3-1-2-6(14)4-10-5-8-9-7(10)13/h5-6H,1-4H2,(H,9,13). The van der Waals surface area contributed by atoms with E-state index in [-0.39, 0.29) is 5.25 Å². The van der Waals surface area contributed by atoms with Gasteiger partial charge in [0.05, 0.1) is 11.0 Å². The third kappa shape index (κ3) is 1.74. The minimum absolute atomic E-state index is 0.285. The maximum atomic E-state index is 11.5. The highest BCUT2D eigenvalue weighted by Crippen LogP contribution is 2.21. The second kappa shape index (κ2) is 3.47. The van der Waals surface area contributed by atoms with E-state index in [0.29, 0.717) is 17.1 Å². The summed E-state index contributed by atoms with van der Waals surface area (Å²) in [6.07, 6.45) is 3.03. The zero-order chi connectivity index (χ0) is 10.2. The van der Waals surface area contributed by atoms with Crippen molar-refractivity contribution >= 4 is 22.1 Å². The first-order valence-electron chi connectivity index (χ1n) is 4.41. The summed E-state index contributed by atoms with van der Waals surface area (Å²) in [4.78, 5) is 0. The van der Waals surface area contributed by atoms with Crippen LogP contribution in [0.5, 0.6) is 0 Å². The van der Waals surface area contributed by atoms with Crippen LogP contribution in [0.4, 0.5) is 0 Å². The highest BCUT2D eigenvalue weighted by atomic mass is 32.2. The molecule has 2 rings (SSSR count). The molecule has 1 N–H and O–H groups in total. The smallest absolute Gasteiger partial charge is 0.194 e. The fourth-order valence-electron chi connectivity index (χ4n) is 1.68. The van der Waals surface area contributed by atoms with Crippen LogP contribution in [0.1, 0.15) is 12.8 Å². The summed E-state index contributed by atoms with van der Waals surface area (Å²) in [6, 6.07) is 0. The first-order chi connectivity index (χ1) is 6.59. The van der Waals surface area contributed by atoms with Gasteiger partial charge in [-0.2, -0.15) is 5.10 Å². The lowest BCUT2D eigenvalue weighted by Gasteiger charge is -2.08. The van der Waals surface area contributed by atoms with Crippen molar-refractivity contribution in [2.75, 3.05) is 5.75 Å². The first kappa shape index (κ1) is 9.85. The van der Waals surface area contributed by atoms with Gasteiger partial charge in [-0.25, -0.2) is 8.42 Å². The molecule has 0 amide bonds. The predicted octanol–water partition coefficient (Wildman–Crippen LogP) is 0.518. The number of sulfone groups is 1. The molecule has 0 radical (unpaired) electrons. The average molecular weight is 233 g/mol. The molecule has 14 heavy (non-hydrogen) atoms. The molecule has 1 saturated heterocycles. The van der Waals surface area contributed by atoms with Crippen LogP contribution >= 0.6 is 12.2 Å². The van der Waals surface area contributed by atoms with Gasteiger partial charge in [0, 0.05) is 6.54 Å². The van der Waals surface area contributed by atoms with Crippen LogP contribution in [0, 0.1) is 4.77 Å². The molecule has 1 unspecified atom stereocenters. The molecule has 1 atom stereocenters. The molecular formula is C7H11N3O2S2. The van der Waals surface area contributed by atoms with Gasteiger partial charge in [0.25, 0.3) is 0 Å². The average Bonchev–Trinajstić information content (AvgIpc) is 2.62. The topological polar surface area (TPSA) is 67.8 Å². The summed E-state index contributed by atoms with van der Waals surface area (Å²) in [7, 11) is -2.89. The normalized spacial score (nSPS) is 25.3. The minimum atomic E-state index is -2.89. The van der Waals surface area contributed by atoms with Gasteiger partial charge in [0.1, 0.15) is 6.33 Å². The molecule has 2 heterocycles. The van der Waals surface area contributed by atoms with Gasteiger partial charge in [0.15, 0.2) is 14.6 Å². The second-order valence-electron chi connectivity index (χ2n) is 3.45. The molecule has 1 aliphatic rings. The fraction of sp³-hybridized carbons (Fsp3) is 0.714. The number of nitrogens with one attached hydrogen (secondary N) is 1. The number of aromatic nitrogens is 3. The van der Waals surface area contributed by atoms with Gasteiger partial charge in [-0.15, -0.1) is 0 Å². The maximum absolute atomic E-state index is 11.5. The van der Waals surface area contributed by atoms with Crippen LogP contribution in [-0.2, 0) is 16.4 Å². The molecule has 0 bridgehead atoms. The Hall–Kier alpha value is -0.690. The van der Waals surface area contributed by atoms with E-state index in [0.717, 1.165) is 12.8 Å². The van der Waals surface area contributed by atoms with Gasteiger partial charge in [-0.1, -0.05) is 0 Å². The maximum Gasteiger partial charge on any atom is 0.194 e. The number of hydrogen-bond donors (Lipinski definition) is 1. The molecule has 7 heteroatoms. The quantitative estimate of drug-likeness (QED) is 0.756. The number of hydrogen-bond acceptors (Lipinski definition) is 4. The Morgan fingerprint density at radius 3 is 3.00 bits per heavy atom. The summed E-state index contributed by atoms with van der Waals surface area (Å²) in [5.41, 5.74) is 0. The predicted molar refractivity (Wildman–Crippen MR) is 54.2 cm³/mol. The lowest BCUT2D eigenvalue weighted by molar-refractivity contribution is 0.564. The second-order valence-corrected chi connectivity index (χ2v) is 6.23. The van der Waals surface area contributed by atoms with Crippen LogP contribution in [0.3, 0.4) is 0 Å². The molecule has 0 spiro atoms. The van der Waals surface area contributed by atoms with Gasteiger partial charge in [-0.3, -0.25) is 5.10 Å². The van der Waals surface area contributed by atoms with E-state index in [9.17, 15) is 8.42 Å². The van der Waals surface area contributed by atoms with Crippen molar-refractivity contribution in [2.24, 2.45) is 0 Å².